The number of hydrogen-bond acceptors (Lipinski definition) is 0. The molecule has 0 aliphatic heterocycles. The molecule has 3 rings (SSSR count). The third kappa shape index (κ3) is 8.09. The van der Waals surface area contributed by atoms with Gasteiger partial charge in [0.25, 0.3) is 0 Å². The van der Waals surface area contributed by atoms with Crippen molar-refractivity contribution in [2.75, 3.05) is 0 Å². The molecule has 0 saturated heterocycles. The van der Waals surface area contributed by atoms with E-state index in [1.165, 1.54) is 55.7 Å². The molecule has 1 fully saturated rings. The van der Waals surface area contributed by atoms with E-state index in [0.29, 0.717) is 0 Å². The van der Waals surface area contributed by atoms with E-state index in [1.807, 2.05) is 0 Å². The van der Waals surface area contributed by atoms with Crippen molar-refractivity contribution in [3.63, 3.8) is 0 Å². The Labute approximate surface area is 214 Å². The first-order chi connectivity index (χ1) is 12.0. The molecule has 0 N–H and O–H groups in total. The summed E-state index contributed by atoms with van der Waals surface area (Å²) in [5.41, 5.74) is 11.1. The summed E-state index contributed by atoms with van der Waals surface area (Å²) in [6.45, 7) is 11.6. The van der Waals surface area contributed by atoms with Gasteiger partial charge < -0.3 is 37.2 Å². The van der Waals surface area contributed by atoms with Crippen molar-refractivity contribution in [3.05, 3.63) is 57.1 Å². The largest absolute Gasteiger partial charge is 4.00 e. The predicted molar refractivity (Wildman–Crippen MR) is 114 cm³/mol. The average molecular weight is 506 g/mol. The number of rotatable bonds is 5. The molecular weight excluding hydrogens is 471 g/mol. The zero-order valence-corrected chi connectivity index (χ0v) is 23.8. The minimum Gasteiger partial charge on any atom is -1.00 e. The molecule has 0 unspecified atom stereocenters. The monoisotopic (exact) mass is 504 g/mol. The van der Waals surface area contributed by atoms with Crippen molar-refractivity contribution < 1.29 is 58.9 Å². The molecule has 0 heterocycles. The Kier molecular flexibility index (Phi) is 15.7. The molecule has 0 aromatic heterocycles. The van der Waals surface area contributed by atoms with Gasteiger partial charge in [-0.25, -0.2) is 0 Å². The molecule has 2 aromatic rings. The van der Waals surface area contributed by atoms with E-state index >= 15 is 0 Å². The van der Waals surface area contributed by atoms with Crippen LogP contribution in [0, 0.1) is 40.5 Å². The molecule has 1 aliphatic rings. The van der Waals surface area contributed by atoms with Crippen LogP contribution in [-0.4, -0.2) is 9.52 Å². The molecule has 0 amide bonds. The van der Waals surface area contributed by atoms with Crippen molar-refractivity contribution >= 4 is 14.7 Å². The van der Waals surface area contributed by atoms with E-state index in [1.54, 1.807) is 33.0 Å². The second kappa shape index (κ2) is 14.4. The summed E-state index contributed by atoms with van der Waals surface area (Å²) in [7, 11) is -0.236. The normalized spacial score (nSPS) is 14.0. The van der Waals surface area contributed by atoms with Crippen molar-refractivity contribution in [2.45, 2.75) is 79.2 Å². The molecule has 5 heteroatoms. The van der Waals surface area contributed by atoms with E-state index in [0.717, 1.165) is 5.92 Å². The molecule has 160 valence electrons. The molecule has 1 aliphatic carbocycles. The minimum absolute atomic E-state index is 0. The summed E-state index contributed by atoms with van der Waals surface area (Å²) in [5, 5.41) is 1.64. The van der Waals surface area contributed by atoms with Crippen molar-refractivity contribution in [1.82, 2.24) is 0 Å². The van der Waals surface area contributed by atoms with Crippen LogP contribution >= 0.6 is 0 Å². The molecule has 0 nitrogen and oxygen atoms in total. The Morgan fingerprint density at radius 2 is 1.38 bits per heavy atom. The summed E-state index contributed by atoms with van der Waals surface area (Å²) in [5.74, 6) is 0.940. The Hall–Kier alpha value is 0.371. The molecule has 0 spiro atoms. The topological polar surface area (TPSA) is 0 Å². The van der Waals surface area contributed by atoms with Crippen LogP contribution in [0.15, 0.2) is 18.2 Å². The van der Waals surface area contributed by atoms with Gasteiger partial charge in [0.15, 0.2) is 0 Å². The maximum Gasteiger partial charge on any atom is 4.00 e. The van der Waals surface area contributed by atoms with Crippen LogP contribution < -0.4 is 42.4 Å². The quantitative estimate of drug-likeness (QED) is 0.288. The molecular formula is C24H35Cl3SiTi. The first kappa shape index (κ1) is 31.6. The fraction of sp³-hybridized carbons (Fsp3) is 0.542. The van der Waals surface area contributed by atoms with E-state index in [4.69, 9.17) is 0 Å². The first-order valence-electron chi connectivity index (χ1n) is 10.3. The molecule has 1 saturated carbocycles. The van der Waals surface area contributed by atoms with Gasteiger partial charge in [0.05, 0.1) is 0 Å². The van der Waals surface area contributed by atoms with Crippen molar-refractivity contribution in [2.24, 2.45) is 5.92 Å². The zero-order valence-electron chi connectivity index (χ0n) is 18.6. The van der Waals surface area contributed by atoms with Crippen LogP contribution in [0.2, 0.25) is 0 Å². The number of aryl methyl sites for hydroxylation is 2. The Balaban J connectivity index is 0. The molecule has 0 bridgehead atoms. The van der Waals surface area contributed by atoms with E-state index < -0.39 is 0 Å². The molecule has 2 aromatic carbocycles. The smallest absolute Gasteiger partial charge is 1.00 e. The van der Waals surface area contributed by atoms with Gasteiger partial charge in [0.1, 0.15) is 0 Å². The van der Waals surface area contributed by atoms with Crippen LogP contribution in [-0.2, 0) is 34.2 Å². The Morgan fingerprint density at radius 3 is 1.93 bits per heavy atom. The minimum atomic E-state index is -0.236. The van der Waals surface area contributed by atoms with Crippen LogP contribution in [0.1, 0.15) is 71.0 Å². The Bertz CT molecular complexity index is 729. The van der Waals surface area contributed by atoms with Gasteiger partial charge in [-0.1, -0.05) is 93.4 Å². The van der Waals surface area contributed by atoms with E-state index in [2.05, 4.69) is 52.8 Å². The first-order valence-corrected chi connectivity index (χ1v) is 12.0. The summed E-state index contributed by atoms with van der Waals surface area (Å²) >= 11 is 0. The third-order valence-electron chi connectivity index (χ3n) is 6.56. The van der Waals surface area contributed by atoms with E-state index in [-0.39, 0.29) is 68.5 Å². The van der Waals surface area contributed by atoms with Crippen molar-refractivity contribution in [1.29, 1.82) is 0 Å². The SMILES string of the molecule is Cc1cc(C)cc([SiH2]C[c-]2c(C)c(C)c(C)c2CC2CCCCC2)c1.[Cl-].[Cl-].[Cl-].[Ti+4]. The second-order valence-corrected chi connectivity index (χ2v) is 10.4. The summed E-state index contributed by atoms with van der Waals surface area (Å²) in [4.78, 5) is 0. The third-order valence-corrected chi connectivity index (χ3v) is 8.29. The summed E-state index contributed by atoms with van der Waals surface area (Å²) < 4.78 is 0. The van der Waals surface area contributed by atoms with Crippen molar-refractivity contribution in [3.8, 4) is 0 Å². The maximum atomic E-state index is 2.43. The summed E-state index contributed by atoms with van der Waals surface area (Å²) in [6, 6.07) is 8.50. The van der Waals surface area contributed by atoms with Gasteiger partial charge in [-0.2, -0.15) is 27.8 Å². The van der Waals surface area contributed by atoms with Gasteiger partial charge in [0, 0.05) is 9.52 Å². The fourth-order valence-electron chi connectivity index (χ4n) is 4.96. The van der Waals surface area contributed by atoms with Crippen LogP contribution in [0.5, 0.6) is 0 Å². The zero-order chi connectivity index (χ0) is 18.0. The van der Waals surface area contributed by atoms with Gasteiger partial charge >= 0.3 is 21.7 Å². The van der Waals surface area contributed by atoms with Crippen LogP contribution in [0.4, 0.5) is 0 Å². The predicted octanol–water partition coefficient (Wildman–Crippen LogP) is -3.93. The number of benzene rings is 1. The van der Waals surface area contributed by atoms with Crippen LogP contribution in [0.3, 0.4) is 0 Å². The van der Waals surface area contributed by atoms with E-state index in [9.17, 15) is 0 Å². The summed E-state index contributed by atoms with van der Waals surface area (Å²) in [6.07, 6.45) is 8.62. The standard InChI is InChI=1S/C24H35Si.3ClH.Ti/c1-16-11-17(2)13-22(12-16)25-15-24-20(5)18(3)19(4)23(24)14-21-9-7-6-8-10-21;;;;/h11-13,21H,6-10,14-15,25H2,1-5H3;3*1H;/q-1;;;;+4/p-3. The Morgan fingerprint density at radius 1 is 0.828 bits per heavy atom. The molecule has 0 atom stereocenters. The number of hydrogen-bond donors (Lipinski definition) is 0. The molecule has 0 radical (unpaired) electrons. The van der Waals surface area contributed by atoms with Gasteiger partial charge in [-0.3, -0.25) is 0 Å². The van der Waals surface area contributed by atoms with Gasteiger partial charge in [-0.15, -0.1) is 0 Å². The average Bonchev–Trinajstić information content (AvgIpc) is 2.77. The maximum absolute atomic E-state index is 2.43. The van der Waals surface area contributed by atoms with Gasteiger partial charge in [-0.05, 0) is 26.2 Å². The van der Waals surface area contributed by atoms with Gasteiger partial charge in [0.2, 0.25) is 0 Å². The number of halogens is 3. The van der Waals surface area contributed by atoms with Crippen LogP contribution in [0.25, 0.3) is 0 Å². The second-order valence-electron chi connectivity index (χ2n) is 8.54. The molecule has 29 heavy (non-hydrogen) atoms. The fourth-order valence-corrected chi connectivity index (χ4v) is 7.11.